The van der Waals surface area contributed by atoms with Crippen molar-refractivity contribution < 1.29 is 9.53 Å². The van der Waals surface area contributed by atoms with E-state index in [0.29, 0.717) is 25.1 Å². The number of hydrogen-bond acceptors (Lipinski definition) is 5. The predicted octanol–water partition coefficient (Wildman–Crippen LogP) is 9.65. The molecule has 2 aliphatic heterocycles. The van der Waals surface area contributed by atoms with E-state index in [9.17, 15) is 4.79 Å². The summed E-state index contributed by atoms with van der Waals surface area (Å²) in [6, 6.07) is 0. The van der Waals surface area contributed by atoms with Crippen LogP contribution in [0.1, 0.15) is 89.5 Å². The Labute approximate surface area is 245 Å². The predicted molar refractivity (Wildman–Crippen MR) is 178 cm³/mol. The second-order valence-electron chi connectivity index (χ2n) is 8.30. The summed E-state index contributed by atoms with van der Waals surface area (Å²) < 4.78 is 5.71. The van der Waals surface area contributed by atoms with Gasteiger partial charge in [-0.15, -0.1) is 0 Å². The molecule has 0 saturated carbocycles. The summed E-state index contributed by atoms with van der Waals surface area (Å²) in [7, 11) is 0. The first kappa shape index (κ1) is 38.8. The maximum Gasteiger partial charge on any atom is 0.195 e. The number of aliphatic imine (C=N–C) groups is 1. The third-order valence-electron chi connectivity index (χ3n) is 5.86. The number of ether oxygens (including phenoxy) is 1. The second-order valence-corrected chi connectivity index (χ2v) is 9.30. The molecule has 1 unspecified atom stereocenters. The Balaban J connectivity index is 0. The molecule has 4 nitrogen and oxygen atoms in total. The average molecular weight is 557 g/mol. The van der Waals surface area contributed by atoms with Gasteiger partial charge in [0.1, 0.15) is 5.04 Å². The van der Waals surface area contributed by atoms with Crippen LogP contribution in [0.25, 0.3) is 0 Å². The van der Waals surface area contributed by atoms with Gasteiger partial charge in [0.2, 0.25) is 0 Å². The Hall–Kier alpha value is -2.37. The molecular weight excluding hydrogens is 500 g/mol. The second kappa shape index (κ2) is 21.5. The third-order valence-corrected chi connectivity index (χ3v) is 7.08. The van der Waals surface area contributed by atoms with Crippen molar-refractivity contribution in [1.82, 2.24) is 4.90 Å². The number of morpholine rings is 1. The quantitative estimate of drug-likeness (QED) is 0.293. The Morgan fingerprint density at radius 3 is 2.44 bits per heavy atom. The van der Waals surface area contributed by atoms with Crippen molar-refractivity contribution in [3.05, 3.63) is 82.0 Å². The van der Waals surface area contributed by atoms with Gasteiger partial charge in [-0.25, -0.2) is 0 Å². The van der Waals surface area contributed by atoms with Crippen LogP contribution in [0.3, 0.4) is 0 Å². The van der Waals surface area contributed by atoms with Gasteiger partial charge in [-0.1, -0.05) is 104 Å². The Morgan fingerprint density at radius 2 is 1.87 bits per heavy atom. The average Bonchev–Trinajstić information content (AvgIpc) is 3.11. The van der Waals surface area contributed by atoms with Gasteiger partial charge in [-0.2, -0.15) is 0 Å². The fourth-order valence-electron chi connectivity index (χ4n) is 4.16. The number of carbonyl (C=O) groups is 1. The first-order chi connectivity index (χ1) is 18.3. The minimum absolute atomic E-state index is 0. The highest BCUT2D eigenvalue weighted by molar-refractivity contribution is 8.19. The van der Waals surface area contributed by atoms with Gasteiger partial charge in [0.15, 0.2) is 5.78 Å². The molecule has 3 aliphatic rings. The molecule has 0 amide bonds. The largest absolute Gasteiger partial charge is 0.375 e. The summed E-state index contributed by atoms with van der Waals surface area (Å²) in [4.78, 5) is 21.3. The van der Waals surface area contributed by atoms with Crippen LogP contribution in [-0.2, 0) is 9.53 Å². The molecule has 2 heterocycles. The summed E-state index contributed by atoms with van der Waals surface area (Å²) in [5, 5.41) is 0.934. The van der Waals surface area contributed by atoms with Crippen molar-refractivity contribution in [2.75, 3.05) is 26.2 Å². The first-order valence-electron chi connectivity index (χ1n) is 14.3. The number of Topliss-reactive ketones (excluding diaryl/α,β-unsaturated/α-hetero) is 1. The summed E-state index contributed by atoms with van der Waals surface area (Å²) in [5.41, 5.74) is 6.01. The topological polar surface area (TPSA) is 41.9 Å². The standard InChI is InChI=1S/C27H34N2O2S.3C2H6.CH4/c1-7-22-11-9-10-12-23(16-22)15-18(3)25(30)26-20(5)24(27(32-26)28-8-2)21(6)29-13-14-31-19(4)17-29;3*1-2;/h7,10-12,16,19H,1,3,8-9,13-15,17H2,2,4-6H3;3*1-2H3;1H4/b24-21+,28-27?;;;;. The SMILES string of the molecule is C.C=CC1=CCC=CC(CC(=C)C(=O)C2=C(C)/C(=C(/C)N3CCOC(C)C3)C(=NCC)S2)=C1.CC.CC.CC. The molecular formula is C34H56N2O2S. The molecule has 0 aromatic carbocycles. The molecule has 0 N–H and O–H groups in total. The summed E-state index contributed by atoms with van der Waals surface area (Å²) in [5.74, 6) is 0.0112. The molecule has 0 aromatic rings. The van der Waals surface area contributed by atoms with Crippen LogP contribution in [0.15, 0.2) is 87.0 Å². The number of rotatable bonds is 7. The Bertz CT molecular complexity index is 993. The van der Waals surface area contributed by atoms with Gasteiger partial charge in [0, 0.05) is 37.3 Å². The van der Waals surface area contributed by atoms with E-state index < -0.39 is 0 Å². The minimum Gasteiger partial charge on any atom is -0.375 e. The van der Waals surface area contributed by atoms with Crippen molar-refractivity contribution >= 4 is 22.6 Å². The Morgan fingerprint density at radius 1 is 1.23 bits per heavy atom. The van der Waals surface area contributed by atoms with E-state index >= 15 is 0 Å². The van der Waals surface area contributed by atoms with Crippen LogP contribution >= 0.6 is 11.8 Å². The van der Waals surface area contributed by atoms with Crippen LogP contribution in [0, 0.1) is 0 Å². The molecule has 0 radical (unpaired) electrons. The normalized spacial score (nSPS) is 20.4. The van der Waals surface area contributed by atoms with Gasteiger partial charge < -0.3 is 9.64 Å². The third kappa shape index (κ3) is 11.3. The molecule has 3 rings (SSSR count). The number of nitrogens with zero attached hydrogens (tertiary/aromatic N) is 2. The van der Waals surface area contributed by atoms with E-state index in [-0.39, 0.29) is 19.3 Å². The van der Waals surface area contributed by atoms with Gasteiger partial charge >= 0.3 is 0 Å². The zero-order valence-electron chi connectivity index (χ0n) is 25.7. The van der Waals surface area contributed by atoms with E-state index in [1.165, 1.54) is 17.5 Å². The lowest BCUT2D eigenvalue weighted by Gasteiger charge is -2.34. The Kier molecular flexibility index (Phi) is 21.3. The number of hydrogen-bond donors (Lipinski definition) is 0. The lowest BCUT2D eigenvalue weighted by Crippen LogP contribution is -2.40. The number of carbonyl (C=O) groups excluding carboxylic acids is 1. The molecule has 1 saturated heterocycles. The fraction of sp³-hybridized carbons (Fsp3) is 0.529. The number of allylic oxidation sites excluding steroid dienone is 11. The molecule has 1 atom stereocenters. The van der Waals surface area contributed by atoms with Gasteiger partial charge in [0.25, 0.3) is 0 Å². The molecule has 0 aromatic heterocycles. The van der Waals surface area contributed by atoms with Crippen LogP contribution in [0.5, 0.6) is 0 Å². The maximum absolute atomic E-state index is 13.4. The molecule has 1 aliphatic carbocycles. The highest BCUT2D eigenvalue weighted by Gasteiger charge is 2.32. The fourth-order valence-corrected chi connectivity index (χ4v) is 5.44. The molecule has 39 heavy (non-hydrogen) atoms. The van der Waals surface area contributed by atoms with E-state index in [1.807, 2.05) is 61.5 Å². The molecule has 0 spiro atoms. The zero-order valence-corrected chi connectivity index (χ0v) is 26.6. The molecule has 5 heteroatoms. The van der Waals surface area contributed by atoms with Gasteiger partial charge in [0.05, 0.1) is 17.6 Å². The highest BCUT2D eigenvalue weighted by Crippen LogP contribution is 2.42. The lowest BCUT2D eigenvalue weighted by atomic mass is 9.98. The van der Waals surface area contributed by atoms with Crippen molar-refractivity contribution in [2.45, 2.75) is 95.6 Å². The van der Waals surface area contributed by atoms with Gasteiger partial charge in [-0.05, 0) is 56.4 Å². The minimum atomic E-state index is 0. The van der Waals surface area contributed by atoms with E-state index in [2.05, 4.69) is 56.2 Å². The zero-order chi connectivity index (χ0) is 29.3. The molecule has 1 fully saturated rings. The van der Waals surface area contributed by atoms with Crippen LogP contribution in [0.2, 0.25) is 0 Å². The van der Waals surface area contributed by atoms with E-state index in [1.54, 1.807) is 0 Å². The molecule has 0 bridgehead atoms. The van der Waals surface area contributed by atoms with E-state index in [0.717, 1.165) is 51.8 Å². The summed E-state index contributed by atoms with van der Waals surface area (Å²) >= 11 is 1.49. The van der Waals surface area contributed by atoms with Crippen LogP contribution < -0.4 is 0 Å². The smallest absolute Gasteiger partial charge is 0.195 e. The lowest BCUT2D eigenvalue weighted by molar-refractivity contribution is -0.111. The summed E-state index contributed by atoms with van der Waals surface area (Å²) in [6.45, 7) is 31.4. The van der Waals surface area contributed by atoms with Crippen molar-refractivity contribution in [1.29, 1.82) is 0 Å². The van der Waals surface area contributed by atoms with E-state index in [4.69, 9.17) is 9.73 Å². The summed E-state index contributed by atoms with van der Waals surface area (Å²) in [6.07, 6.45) is 11.8. The molecule has 220 valence electrons. The van der Waals surface area contributed by atoms with Crippen molar-refractivity contribution in [3.63, 3.8) is 0 Å². The first-order valence-corrected chi connectivity index (χ1v) is 15.1. The number of thioether (sulfide) groups is 1. The monoisotopic (exact) mass is 556 g/mol. The van der Waals surface area contributed by atoms with Crippen LogP contribution in [0.4, 0.5) is 0 Å². The highest BCUT2D eigenvalue weighted by atomic mass is 32.2. The maximum atomic E-state index is 13.4. The van der Waals surface area contributed by atoms with Crippen molar-refractivity contribution in [2.24, 2.45) is 4.99 Å². The number of ketones is 1. The van der Waals surface area contributed by atoms with Gasteiger partial charge in [-0.3, -0.25) is 9.79 Å². The van der Waals surface area contributed by atoms with Crippen molar-refractivity contribution in [3.8, 4) is 0 Å². The van der Waals surface area contributed by atoms with Crippen LogP contribution in [-0.4, -0.2) is 48.1 Å².